The van der Waals surface area contributed by atoms with Crippen molar-refractivity contribution >= 4 is 12.3 Å². The fraction of sp³-hybridized carbons (Fsp3) is 0.222. The van der Waals surface area contributed by atoms with Crippen LogP contribution in [-0.2, 0) is 4.79 Å². The van der Waals surface area contributed by atoms with Crippen LogP contribution in [0.3, 0.4) is 0 Å². The molecule has 0 amide bonds. The van der Waals surface area contributed by atoms with Crippen LogP contribution in [0.1, 0.15) is 17.4 Å². The first kappa shape index (κ1) is 10.2. The number of aldehydes is 1. The Kier molecular flexibility index (Phi) is 3.17. The number of ether oxygens (including phenoxy) is 1. The normalized spacial score (nSPS) is 11.8. The van der Waals surface area contributed by atoms with Crippen LogP contribution in [0.4, 0.5) is 0 Å². The minimum Gasteiger partial charge on any atom is -0.479 e. The predicted molar refractivity (Wildman–Crippen MR) is 47.4 cm³/mol. The van der Waals surface area contributed by atoms with Gasteiger partial charge in [-0.2, -0.15) is 0 Å². The topological polar surface area (TPSA) is 76.5 Å². The van der Waals surface area contributed by atoms with E-state index in [-0.39, 0.29) is 5.69 Å². The lowest BCUT2D eigenvalue weighted by atomic mass is 10.3. The average Bonchev–Trinajstić information content (AvgIpc) is 2.19. The van der Waals surface area contributed by atoms with E-state index in [1.807, 2.05) is 0 Å². The minimum absolute atomic E-state index is 0.278. The van der Waals surface area contributed by atoms with Gasteiger partial charge in [0.15, 0.2) is 12.4 Å². The van der Waals surface area contributed by atoms with Gasteiger partial charge in [-0.05, 0) is 19.1 Å². The number of aromatic nitrogens is 1. The number of rotatable bonds is 4. The predicted octanol–water partition coefficient (Wildman–Crippen LogP) is 0.746. The Hall–Kier alpha value is -1.91. The summed E-state index contributed by atoms with van der Waals surface area (Å²) in [5, 5.41) is 8.54. The average molecular weight is 195 g/mol. The van der Waals surface area contributed by atoms with Crippen LogP contribution in [-0.4, -0.2) is 28.4 Å². The van der Waals surface area contributed by atoms with Crippen molar-refractivity contribution < 1.29 is 19.4 Å². The molecule has 0 saturated heterocycles. The summed E-state index contributed by atoms with van der Waals surface area (Å²) in [7, 11) is 0. The van der Waals surface area contributed by atoms with Crippen LogP contribution in [0.15, 0.2) is 18.3 Å². The van der Waals surface area contributed by atoms with Gasteiger partial charge in [0.2, 0.25) is 0 Å². The number of carboxylic acid groups (broad SMARTS) is 1. The third kappa shape index (κ3) is 2.55. The van der Waals surface area contributed by atoms with E-state index in [1.54, 1.807) is 0 Å². The molecule has 1 aromatic heterocycles. The first-order valence-corrected chi connectivity index (χ1v) is 3.94. The van der Waals surface area contributed by atoms with Crippen LogP contribution in [0.2, 0.25) is 0 Å². The lowest BCUT2D eigenvalue weighted by Crippen LogP contribution is -2.22. The Bertz CT molecular complexity index is 333. The number of aliphatic carboxylic acids is 1. The van der Waals surface area contributed by atoms with E-state index in [0.29, 0.717) is 12.0 Å². The molecule has 14 heavy (non-hydrogen) atoms. The smallest absolute Gasteiger partial charge is 0.344 e. The zero-order valence-electron chi connectivity index (χ0n) is 7.51. The highest BCUT2D eigenvalue weighted by Gasteiger charge is 2.12. The highest BCUT2D eigenvalue weighted by molar-refractivity contribution is 5.72. The summed E-state index contributed by atoms with van der Waals surface area (Å²) in [5.41, 5.74) is 0.278. The Labute approximate surface area is 80.3 Å². The van der Waals surface area contributed by atoms with Crippen LogP contribution in [0.25, 0.3) is 0 Å². The third-order valence-corrected chi connectivity index (χ3v) is 1.54. The zero-order chi connectivity index (χ0) is 10.6. The molecule has 1 N–H and O–H groups in total. The number of pyridine rings is 1. The Morgan fingerprint density at radius 1 is 1.64 bits per heavy atom. The summed E-state index contributed by atoms with van der Waals surface area (Å²) in [5.74, 6) is -0.727. The summed E-state index contributed by atoms with van der Waals surface area (Å²) < 4.78 is 5.00. The molecule has 0 aliphatic carbocycles. The summed E-state index contributed by atoms with van der Waals surface area (Å²) in [4.78, 5) is 24.4. The van der Waals surface area contributed by atoms with Crippen molar-refractivity contribution in [2.24, 2.45) is 0 Å². The van der Waals surface area contributed by atoms with Gasteiger partial charge in [0, 0.05) is 0 Å². The lowest BCUT2D eigenvalue weighted by Gasteiger charge is -2.09. The summed E-state index contributed by atoms with van der Waals surface area (Å²) in [6.07, 6.45) is 0.979. The molecule has 0 aliphatic rings. The largest absolute Gasteiger partial charge is 0.479 e. The molecule has 74 valence electrons. The number of hydrogen-bond acceptors (Lipinski definition) is 4. The molecule has 0 saturated carbocycles. The molecule has 0 radical (unpaired) electrons. The van der Waals surface area contributed by atoms with E-state index in [2.05, 4.69) is 4.98 Å². The molecule has 1 aromatic rings. The molecule has 0 aromatic carbocycles. The summed E-state index contributed by atoms with van der Waals surface area (Å²) in [6.45, 7) is 1.41. The summed E-state index contributed by atoms with van der Waals surface area (Å²) in [6, 6.07) is 2.95. The fourth-order valence-corrected chi connectivity index (χ4v) is 0.786. The molecule has 1 unspecified atom stereocenters. The number of carbonyl (C=O) groups excluding carboxylic acids is 1. The van der Waals surface area contributed by atoms with Gasteiger partial charge in [-0.1, -0.05) is 0 Å². The monoisotopic (exact) mass is 195 g/mol. The maximum absolute atomic E-state index is 10.4. The van der Waals surface area contributed by atoms with Crippen molar-refractivity contribution in [2.75, 3.05) is 0 Å². The van der Waals surface area contributed by atoms with Gasteiger partial charge in [-0.15, -0.1) is 0 Å². The number of carboxylic acids is 1. The third-order valence-electron chi connectivity index (χ3n) is 1.54. The molecule has 0 aliphatic heterocycles. The van der Waals surface area contributed by atoms with E-state index >= 15 is 0 Å². The Balaban J connectivity index is 2.68. The highest BCUT2D eigenvalue weighted by Crippen LogP contribution is 2.10. The van der Waals surface area contributed by atoms with Gasteiger partial charge in [0.25, 0.3) is 0 Å². The van der Waals surface area contributed by atoms with Gasteiger partial charge in [0.05, 0.1) is 6.20 Å². The maximum atomic E-state index is 10.4. The molecule has 1 heterocycles. The van der Waals surface area contributed by atoms with Crippen molar-refractivity contribution in [3.05, 3.63) is 24.0 Å². The molecule has 1 rings (SSSR count). The molecular weight excluding hydrogens is 186 g/mol. The molecule has 1 atom stereocenters. The van der Waals surface area contributed by atoms with Gasteiger partial charge >= 0.3 is 5.97 Å². The molecular formula is C9H9NO4. The standard InChI is InChI=1S/C9H9NO4/c1-6(9(12)13)14-8-3-2-7(5-11)10-4-8/h2-6H,1H3,(H,12,13). The maximum Gasteiger partial charge on any atom is 0.344 e. The van der Waals surface area contributed by atoms with Crippen molar-refractivity contribution in [1.29, 1.82) is 0 Å². The van der Waals surface area contributed by atoms with E-state index in [4.69, 9.17) is 9.84 Å². The second kappa shape index (κ2) is 4.36. The molecule has 5 heteroatoms. The van der Waals surface area contributed by atoms with Crippen LogP contribution in [0.5, 0.6) is 5.75 Å². The zero-order valence-corrected chi connectivity index (χ0v) is 7.51. The van der Waals surface area contributed by atoms with Crippen LogP contribution >= 0.6 is 0 Å². The Morgan fingerprint density at radius 3 is 2.79 bits per heavy atom. The van der Waals surface area contributed by atoms with Gasteiger partial charge in [-0.3, -0.25) is 4.79 Å². The quantitative estimate of drug-likeness (QED) is 0.717. The number of nitrogens with zero attached hydrogens (tertiary/aromatic N) is 1. The highest BCUT2D eigenvalue weighted by atomic mass is 16.5. The van der Waals surface area contributed by atoms with Gasteiger partial charge < -0.3 is 9.84 Å². The van der Waals surface area contributed by atoms with E-state index in [1.165, 1.54) is 25.3 Å². The van der Waals surface area contributed by atoms with E-state index in [0.717, 1.165) is 0 Å². The fourth-order valence-electron chi connectivity index (χ4n) is 0.786. The molecule has 0 fully saturated rings. The van der Waals surface area contributed by atoms with Crippen LogP contribution in [0, 0.1) is 0 Å². The number of hydrogen-bond donors (Lipinski definition) is 1. The second-order valence-corrected chi connectivity index (χ2v) is 2.63. The molecule has 5 nitrogen and oxygen atoms in total. The molecule has 0 bridgehead atoms. The minimum atomic E-state index is -1.05. The first-order chi connectivity index (χ1) is 6.63. The second-order valence-electron chi connectivity index (χ2n) is 2.63. The van der Waals surface area contributed by atoms with Crippen molar-refractivity contribution in [2.45, 2.75) is 13.0 Å². The van der Waals surface area contributed by atoms with Crippen molar-refractivity contribution in [3.63, 3.8) is 0 Å². The SMILES string of the molecule is CC(Oc1ccc(C=O)nc1)C(=O)O. The van der Waals surface area contributed by atoms with Crippen molar-refractivity contribution in [1.82, 2.24) is 4.98 Å². The first-order valence-electron chi connectivity index (χ1n) is 3.94. The lowest BCUT2D eigenvalue weighted by molar-refractivity contribution is -0.144. The summed E-state index contributed by atoms with van der Waals surface area (Å²) >= 11 is 0. The van der Waals surface area contributed by atoms with Crippen molar-refractivity contribution in [3.8, 4) is 5.75 Å². The molecule has 0 spiro atoms. The van der Waals surface area contributed by atoms with E-state index in [9.17, 15) is 9.59 Å². The van der Waals surface area contributed by atoms with Crippen LogP contribution < -0.4 is 4.74 Å². The van der Waals surface area contributed by atoms with Gasteiger partial charge in [-0.25, -0.2) is 9.78 Å². The van der Waals surface area contributed by atoms with Gasteiger partial charge in [0.1, 0.15) is 11.4 Å². The van der Waals surface area contributed by atoms with E-state index < -0.39 is 12.1 Å². The number of carbonyl (C=O) groups is 2. The Morgan fingerprint density at radius 2 is 2.36 bits per heavy atom.